The molecule has 0 fully saturated rings. The van der Waals surface area contributed by atoms with Gasteiger partial charge >= 0.3 is 0 Å². The largest absolute Gasteiger partial charge is 0.506 e. The first-order valence-corrected chi connectivity index (χ1v) is 13.0. The van der Waals surface area contributed by atoms with Gasteiger partial charge in [0.05, 0.1) is 36.9 Å². The van der Waals surface area contributed by atoms with E-state index in [1.165, 1.54) is 30.3 Å². The second kappa shape index (κ2) is 10.9. The Hall–Kier alpha value is -2.78. The molecule has 0 aliphatic heterocycles. The number of amides is 2. The molecule has 35 heavy (non-hydrogen) atoms. The number of anilines is 2. The van der Waals surface area contributed by atoms with Crippen molar-refractivity contribution in [2.24, 2.45) is 0 Å². The molecule has 0 radical (unpaired) electrons. The highest BCUT2D eigenvalue weighted by molar-refractivity contribution is 7.92. The number of phenols is 1. The molecular weight excluding hydrogens is 535 g/mol. The van der Waals surface area contributed by atoms with Gasteiger partial charge in [-0.3, -0.25) is 9.59 Å². The van der Waals surface area contributed by atoms with Gasteiger partial charge in [0.2, 0.25) is 5.91 Å². The molecule has 0 bridgehead atoms. The van der Waals surface area contributed by atoms with Crippen LogP contribution in [0.1, 0.15) is 29.3 Å². The third kappa shape index (κ3) is 5.90. The summed E-state index contributed by atoms with van der Waals surface area (Å²) >= 11 is 18.3. The minimum atomic E-state index is -3.98. The summed E-state index contributed by atoms with van der Waals surface area (Å²) in [4.78, 5) is 25.5. The zero-order chi connectivity index (χ0) is 25.9. The molecule has 2 amide bonds. The fourth-order valence-corrected chi connectivity index (χ4v) is 5.67. The van der Waals surface area contributed by atoms with Crippen LogP contribution in [0.15, 0.2) is 59.5 Å². The summed E-state index contributed by atoms with van der Waals surface area (Å²) in [5.74, 6) is -1.86. The van der Waals surface area contributed by atoms with Crippen molar-refractivity contribution < 1.29 is 23.1 Å². The van der Waals surface area contributed by atoms with Crippen LogP contribution in [-0.4, -0.2) is 30.6 Å². The molecular formula is C24H21Cl3N2O5S. The molecule has 0 saturated carbocycles. The Morgan fingerprint density at radius 1 is 0.943 bits per heavy atom. The molecule has 0 heterocycles. The van der Waals surface area contributed by atoms with Crippen LogP contribution in [0, 0.1) is 6.92 Å². The monoisotopic (exact) mass is 554 g/mol. The Bertz CT molecular complexity index is 1410. The number of benzene rings is 3. The second-order valence-corrected chi connectivity index (χ2v) is 11.0. The molecule has 0 aromatic heterocycles. The van der Waals surface area contributed by atoms with E-state index in [1.54, 1.807) is 32.0 Å². The van der Waals surface area contributed by atoms with E-state index in [4.69, 9.17) is 34.8 Å². The van der Waals surface area contributed by atoms with Crippen molar-refractivity contribution in [3.8, 4) is 5.75 Å². The standard InChI is InChI=1S/C24H21Cl3N2O5S/c1-3-21(35(33,34)14-7-4-6-13(2)10-14)24(32)28-18-12-20(30)19(11-17(18)26)29-23(31)15-8-5-9-16(25)22(15)27/h4-12,21,30H,3H2,1-2H3,(H,28,32)(H,29,31). The van der Waals surface area contributed by atoms with Gasteiger partial charge in [-0.1, -0.05) is 59.9 Å². The molecule has 3 aromatic carbocycles. The van der Waals surface area contributed by atoms with Crippen LogP contribution in [0.3, 0.4) is 0 Å². The van der Waals surface area contributed by atoms with E-state index in [2.05, 4.69) is 10.6 Å². The molecule has 3 N–H and O–H groups in total. The lowest BCUT2D eigenvalue weighted by Crippen LogP contribution is -2.34. The predicted molar refractivity (Wildman–Crippen MR) is 139 cm³/mol. The van der Waals surface area contributed by atoms with Crippen LogP contribution in [0.2, 0.25) is 15.1 Å². The Labute approximate surface area is 217 Å². The third-order valence-corrected chi connectivity index (χ3v) is 8.48. The highest BCUT2D eigenvalue weighted by Gasteiger charge is 2.33. The summed E-state index contributed by atoms with van der Waals surface area (Å²) in [6.07, 6.45) is 0.0141. The average molecular weight is 556 g/mol. The van der Waals surface area contributed by atoms with Gasteiger partial charge in [0.25, 0.3) is 5.91 Å². The Kier molecular flexibility index (Phi) is 8.33. The van der Waals surface area contributed by atoms with Gasteiger partial charge in [0.1, 0.15) is 11.0 Å². The summed E-state index contributed by atoms with van der Waals surface area (Å²) in [6, 6.07) is 13.1. The normalized spacial score (nSPS) is 12.1. The molecule has 184 valence electrons. The van der Waals surface area contributed by atoms with Crippen LogP contribution in [0.25, 0.3) is 0 Å². The molecule has 0 spiro atoms. The lowest BCUT2D eigenvalue weighted by Gasteiger charge is -2.18. The predicted octanol–water partition coefficient (Wildman–Crippen LogP) is 6.10. The van der Waals surface area contributed by atoms with Crippen molar-refractivity contribution in [3.63, 3.8) is 0 Å². The number of phenolic OH excluding ortho intramolecular Hbond substituents is 1. The zero-order valence-electron chi connectivity index (χ0n) is 18.6. The van der Waals surface area contributed by atoms with E-state index < -0.39 is 32.7 Å². The minimum Gasteiger partial charge on any atom is -0.506 e. The SMILES string of the molecule is CCC(C(=O)Nc1cc(O)c(NC(=O)c2cccc(Cl)c2Cl)cc1Cl)S(=O)(=O)c1cccc(C)c1. The average Bonchev–Trinajstić information content (AvgIpc) is 2.79. The van der Waals surface area contributed by atoms with Crippen LogP contribution in [0.4, 0.5) is 11.4 Å². The molecule has 0 saturated heterocycles. The molecule has 11 heteroatoms. The fourth-order valence-electron chi connectivity index (χ4n) is 3.34. The van der Waals surface area contributed by atoms with Crippen molar-refractivity contribution in [1.82, 2.24) is 0 Å². The van der Waals surface area contributed by atoms with E-state index in [0.29, 0.717) is 0 Å². The number of sulfone groups is 1. The third-order valence-electron chi connectivity index (χ3n) is 5.14. The number of carbonyl (C=O) groups excluding carboxylic acids is 2. The Balaban J connectivity index is 1.83. The smallest absolute Gasteiger partial charge is 0.257 e. The van der Waals surface area contributed by atoms with Crippen LogP contribution in [0.5, 0.6) is 5.75 Å². The Morgan fingerprint density at radius 3 is 2.29 bits per heavy atom. The van der Waals surface area contributed by atoms with Crippen LogP contribution in [-0.2, 0) is 14.6 Å². The maximum Gasteiger partial charge on any atom is 0.257 e. The van der Waals surface area contributed by atoms with E-state index in [-0.39, 0.29) is 43.3 Å². The van der Waals surface area contributed by atoms with Crippen molar-refractivity contribution in [2.75, 3.05) is 10.6 Å². The minimum absolute atomic E-state index is 0.0141. The fraction of sp³-hybridized carbons (Fsp3) is 0.167. The first-order valence-electron chi connectivity index (χ1n) is 10.3. The van der Waals surface area contributed by atoms with Gasteiger partial charge in [-0.15, -0.1) is 0 Å². The number of aromatic hydroxyl groups is 1. The van der Waals surface area contributed by atoms with Crippen LogP contribution >= 0.6 is 34.8 Å². The van der Waals surface area contributed by atoms with Crippen molar-refractivity contribution in [2.45, 2.75) is 30.4 Å². The summed E-state index contributed by atoms with van der Waals surface area (Å²) in [5, 5.41) is 14.2. The lowest BCUT2D eigenvalue weighted by atomic mass is 10.2. The van der Waals surface area contributed by atoms with Gasteiger partial charge in [0, 0.05) is 6.07 Å². The van der Waals surface area contributed by atoms with Crippen molar-refractivity contribution in [3.05, 3.63) is 80.8 Å². The first kappa shape index (κ1) is 26.8. The number of hydrogen-bond donors (Lipinski definition) is 3. The molecule has 0 aliphatic carbocycles. The van der Waals surface area contributed by atoms with Gasteiger partial charge in [-0.2, -0.15) is 0 Å². The molecule has 3 aromatic rings. The van der Waals surface area contributed by atoms with E-state index >= 15 is 0 Å². The summed E-state index contributed by atoms with van der Waals surface area (Å²) in [7, 11) is -3.98. The quantitative estimate of drug-likeness (QED) is 0.305. The van der Waals surface area contributed by atoms with Gasteiger partial charge < -0.3 is 15.7 Å². The molecule has 1 unspecified atom stereocenters. The number of rotatable bonds is 7. The van der Waals surface area contributed by atoms with Crippen LogP contribution < -0.4 is 10.6 Å². The summed E-state index contributed by atoms with van der Waals surface area (Å²) < 4.78 is 26.1. The highest BCUT2D eigenvalue weighted by atomic mass is 35.5. The molecule has 0 aliphatic rings. The van der Waals surface area contributed by atoms with E-state index in [0.717, 1.165) is 11.6 Å². The van der Waals surface area contributed by atoms with Gasteiger partial charge in [-0.05, 0) is 49.2 Å². The van der Waals surface area contributed by atoms with E-state index in [9.17, 15) is 23.1 Å². The highest BCUT2D eigenvalue weighted by Crippen LogP contribution is 2.35. The number of carbonyl (C=O) groups is 2. The molecule has 3 rings (SSSR count). The van der Waals surface area contributed by atoms with Crippen molar-refractivity contribution in [1.29, 1.82) is 0 Å². The van der Waals surface area contributed by atoms with Crippen molar-refractivity contribution >= 4 is 67.8 Å². The summed E-state index contributed by atoms with van der Waals surface area (Å²) in [6.45, 7) is 3.33. The number of halogens is 3. The lowest BCUT2D eigenvalue weighted by molar-refractivity contribution is -0.115. The Morgan fingerprint density at radius 2 is 1.63 bits per heavy atom. The number of aryl methyl sites for hydroxylation is 1. The maximum absolute atomic E-state index is 13.0. The van der Waals surface area contributed by atoms with Gasteiger partial charge in [0.15, 0.2) is 9.84 Å². The molecule has 7 nitrogen and oxygen atoms in total. The van der Waals surface area contributed by atoms with E-state index in [1.807, 2.05) is 0 Å². The maximum atomic E-state index is 13.0. The van der Waals surface area contributed by atoms with Gasteiger partial charge in [-0.25, -0.2) is 8.42 Å². The molecule has 1 atom stereocenters. The number of hydrogen-bond acceptors (Lipinski definition) is 5. The second-order valence-electron chi connectivity index (χ2n) is 7.65. The zero-order valence-corrected chi connectivity index (χ0v) is 21.7. The summed E-state index contributed by atoms with van der Waals surface area (Å²) in [5.41, 5.74) is 0.754. The topological polar surface area (TPSA) is 113 Å². The first-order chi connectivity index (χ1) is 16.4. The number of nitrogens with one attached hydrogen (secondary N) is 2.